The molecule has 3 aromatic carbocycles. The van der Waals surface area contributed by atoms with Crippen molar-refractivity contribution in [3.63, 3.8) is 0 Å². The summed E-state index contributed by atoms with van der Waals surface area (Å²) in [6.45, 7) is 2.36. The number of rotatable bonds is 11. The monoisotopic (exact) mass is 510 g/mol. The molecule has 1 fully saturated rings. The molecule has 0 amide bonds. The highest BCUT2D eigenvalue weighted by Gasteiger charge is 2.48. The lowest BCUT2D eigenvalue weighted by molar-refractivity contribution is -0.255. The van der Waals surface area contributed by atoms with E-state index in [1.807, 2.05) is 91.0 Å². The maximum Gasteiger partial charge on any atom is 0.302 e. The van der Waals surface area contributed by atoms with Crippen LogP contribution in [0.15, 0.2) is 91.0 Å². The highest BCUT2D eigenvalue weighted by Crippen LogP contribution is 2.32. The maximum atomic E-state index is 11.6. The zero-order valence-corrected chi connectivity index (χ0v) is 21.0. The molecule has 3 aromatic rings. The summed E-state index contributed by atoms with van der Waals surface area (Å²) >= 11 is 6.69. The van der Waals surface area contributed by atoms with Gasteiger partial charge in [0.2, 0.25) is 0 Å². The quantitative estimate of drug-likeness (QED) is 0.259. The van der Waals surface area contributed by atoms with Crippen molar-refractivity contribution >= 4 is 17.6 Å². The van der Waals surface area contributed by atoms with E-state index in [9.17, 15) is 4.79 Å². The summed E-state index contributed by atoms with van der Waals surface area (Å²) in [5, 5.41) is 0. The lowest BCUT2D eigenvalue weighted by atomic mass is 9.99. The Hall–Kier alpha value is -2.74. The Labute approximate surface area is 217 Å². The van der Waals surface area contributed by atoms with Gasteiger partial charge >= 0.3 is 5.97 Å². The molecule has 4 rings (SSSR count). The molecule has 6 nitrogen and oxygen atoms in total. The van der Waals surface area contributed by atoms with Gasteiger partial charge in [-0.15, -0.1) is 0 Å². The number of halogens is 1. The normalized spacial score (nSPS) is 23.8. The van der Waals surface area contributed by atoms with Crippen LogP contribution >= 0.6 is 11.6 Å². The van der Waals surface area contributed by atoms with E-state index >= 15 is 0 Å². The van der Waals surface area contributed by atoms with E-state index in [1.165, 1.54) is 6.92 Å². The van der Waals surface area contributed by atoms with Crippen LogP contribution in [0.2, 0.25) is 0 Å². The predicted octanol–water partition coefficient (Wildman–Crippen LogP) is 5.27. The molecule has 36 heavy (non-hydrogen) atoms. The van der Waals surface area contributed by atoms with Crippen LogP contribution in [-0.2, 0) is 48.3 Å². The molecule has 7 heteroatoms. The molecule has 0 aromatic heterocycles. The first kappa shape index (κ1) is 26.3. The molecular weight excluding hydrogens is 480 g/mol. The average Bonchev–Trinajstić information content (AvgIpc) is 2.91. The van der Waals surface area contributed by atoms with Crippen molar-refractivity contribution in [1.82, 2.24) is 0 Å². The van der Waals surface area contributed by atoms with E-state index in [0.717, 1.165) is 16.7 Å². The van der Waals surface area contributed by atoms with Crippen LogP contribution < -0.4 is 0 Å². The van der Waals surface area contributed by atoms with Gasteiger partial charge in [0.1, 0.15) is 31.0 Å². The molecule has 0 N–H and O–H groups in total. The van der Waals surface area contributed by atoms with Gasteiger partial charge in [0.15, 0.2) is 5.56 Å². The minimum atomic E-state index is -0.827. The molecule has 1 heterocycles. The summed E-state index contributed by atoms with van der Waals surface area (Å²) < 4.78 is 30.4. The smallest absolute Gasteiger partial charge is 0.302 e. The molecule has 0 spiro atoms. The first-order valence-corrected chi connectivity index (χ1v) is 12.4. The molecule has 0 unspecified atom stereocenters. The second-order valence-corrected chi connectivity index (χ2v) is 9.04. The van der Waals surface area contributed by atoms with Crippen molar-refractivity contribution < 1.29 is 28.5 Å². The molecular formula is C29H31ClO6. The van der Waals surface area contributed by atoms with Crippen molar-refractivity contribution in [3.05, 3.63) is 108 Å². The summed E-state index contributed by atoms with van der Waals surface area (Å²) in [4.78, 5) is 11.6. The Morgan fingerprint density at radius 2 is 1.11 bits per heavy atom. The summed E-state index contributed by atoms with van der Waals surface area (Å²) in [6, 6.07) is 29.5. The molecule has 1 aliphatic rings. The molecule has 0 bridgehead atoms. The van der Waals surface area contributed by atoms with Gasteiger partial charge < -0.3 is 23.7 Å². The Morgan fingerprint density at radius 1 is 0.694 bits per heavy atom. The van der Waals surface area contributed by atoms with Crippen LogP contribution in [0.5, 0.6) is 0 Å². The van der Waals surface area contributed by atoms with Crippen molar-refractivity contribution in [2.75, 3.05) is 6.61 Å². The fourth-order valence-electron chi connectivity index (χ4n) is 4.07. The number of benzene rings is 3. The Kier molecular flexibility index (Phi) is 9.90. The molecule has 190 valence electrons. The summed E-state index contributed by atoms with van der Waals surface area (Å²) in [5.74, 6) is -0.407. The van der Waals surface area contributed by atoms with Crippen molar-refractivity contribution in [2.45, 2.75) is 56.7 Å². The third-order valence-electron chi connectivity index (χ3n) is 5.88. The largest absolute Gasteiger partial charge is 0.463 e. The van der Waals surface area contributed by atoms with Gasteiger partial charge in [0.05, 0.1) is 19.8 Å². The number of alkyl halides is 1. The first-order chi connectivity index (χ1) is 17.6. The van der Waals surface area contributed by atoms with Crippen LogP contribution in [0, 0.1) is 0 Å². The number of ether oxygens (including phenoxy) is 5. The third kappa shape index (κ3) is 7.63. The summed E-state index contributed by atoms with van der Waals surface area (Å²) in [7, 11) is 0. The predicted molar refractivity (Wildman–Crippen MR) is 136 cm³/mol. The fourth-order valence-corrected chi connectivity index (χ4v) is 4.41. The van der Waals surface area contributed by atoms with E-state index in [1.54, 1.807) is 0 Å². The van der Waals surface area contributed by atoms with Crippen LogP contribution in [0.3, 0.4) is 0 Å². The third-order valence-corrected chi connectivity index (χ3v) is 6.24. The van der Waals surface area contributed by atoms with Gasteiger partial charge in [0.25, 0.3) is 0 Å². The minimum absolute atomic E-state index is 0.00535. The topological polar surface area (TPSA) is 63.2 Å². The number of hydrogen-bond donors (Lipinski definition) is 0. The maximum absolute atomic E-state index is 11.6. The number of carbonyl (C=O) groups excluding carboxylic acids is 1. The lowest BCUT2D eigenvalue weighted by Gasteiger charge is -2.44. The van der Waals surface area contributed by atoms with Crippen LogP contribution in [0.4, 0.5) is 0 Å². The van der Waals surface area contributed by atoms with Crippen LogP contribution in [-0.4, -0.2) is 42.6 Å². The number of esters is 1. The lowest BCUT2D eigenvalue weighted by Crippen LogP contribution is -2.59. The SMILES string of the molecule is CC(=O)OC[C@H]1O[C@H](Cl)[C@H](OCc2ccccc2)[C@@H](OCc2ccccc2)[C@H]1OCc1ccccc1. The highest BCUT2D eigenvalue weighted by atomic mass is 35.5. The van der Waals surface area contributed by atoms with Gasteiger partial charge in [-0.1, -0.05) is 103 Å². The summed E-state index contributed by atoms with van der Waals surface area (Å²) in [5.41, 5.74) is 2.19. The second-order valence-electron chi connectivity index (χ2n) is 8.61. The molecule has 5 atom stereocenters. The van der Waals surface area contributed by atoms with Gasteiger partial charge in [-0.05, 0) is 16.7 Å². The molecule has 0 saturated carbocycles. The fraction of sp³-hybridized carbons (Fsp3) is 0.345. The van der Waals surface area contributed by atoms with Crippen LogP contribution in [0.25, 0.3) is 0 Å². The molecule has 1 aliphatic heterocycles. The first-order valence-electron chi connectivity index (χ1n) is 12.0. The Bertz CT molecular complexity index is 1050. The van der Waals surface area contributed by atoms with Gasteiger partial charge in [-0.25, -0.2) is 0 Å². The Balaban J connectivity index is 1.57. The van der Waals surface area contributed by atoms with E-state index in [2.05, 4.69) is 0 Å². The number of carbonyl (C=O) groups is 1. The van der Waals surface area contributed by atoms with Crippen molar-refractivity contribution in [2.24, 2.45) is 0 Å². The van der Waals surface area contributed by atoms with E-state index in [4.69, 9.17) is 35.3 Å². The molecule has 0 aliphatic carbocycles. The Morgan fingerprint density at radius 3 is 1.56 bits per heavy atom. The van der Waals surface area contributed by atoms with Gasteiger partial charge in [-0.2, -0.15) is 0 Å². The van der Waals surface area contributed by atoms with Gasteiger partial charge in [-0.3, -0.25) is 4.79 Å². The zero-order chi connectivity index (χ0) is 25.2. The standard InChI is InChI=1S/C29H31ClO6/c1-21(31)32-20-25-26(33-17-22-11-5-2-6-12-22)27(34-18-23-13-7-3-8-14-23)28(29(30)36-25)35-19-24-15-9-4-10-16-24/h2-16,25-29H,17-20H2,1H3/t25-,26+,27+,28-,29+/m1/s1. The van der Waals surface area contributed by atoms with E-state index in [-0.39, 0.29) is 6.61 Å². The van der Waals surface area contributed by atoms with Crippen molar-refractivity contribution in [1.29, 1.82) is 0 Å². The zero-order valence-electron chi connectivity index (χ0n) is 20.2. The number of hydrogen-bond acceptors (Lipinski definition) is 6. The molecule has 1 saturated heterocycles. The minimum Gasteiger partial charge on any atom is -0.463 e. The second kappa shape index (κ2) is 13.5. The van der Waals surface area contributed by atoms with E-state index < -0.39 is 35.9 Å². The molecule has 0 radical (unpaired) electrons. The average molecular weight is 511 g/mol. The van der Waals surface area contributed by atoms with Crippen molar-refractivity contribution in [3.8, 4) is 0 Å². The van der Waals surface area contributed by atoms with E-state index in [0.29, 0.717) is 19.8 Å². The van der Waals surface area contributed by atoms with Crippen LogP contribution in [0.1, 0.15) is 23.6 Å². The van der Waals surface area contributed by atoms with Gasteiger partial charge in [0, 0.05) is 6.92 Å². The highest BCUT2D eigenvalue weighted by molar-refractivity contribution is 6.20. The summed E-state index contributed by atoms with van der Waals surface area (Å²) in [6.07, 6.45) is -2.42.